The third-order valence-electron chi connectivity index (χ3n) is 4.63. The second-order valence-corrected chi connectivity index (χ2v) is 5.98. The SMILES string of the molecule is N#Cc1cc2ccc(C(=O)NC3CN4CC[C@H]3C4)cn2c1. The van der Waals surface area contributed by atoms with E-state index in [2.05, 4.69) is 16.3 Å². The van der Waals surface area contributed by atoms with Gasteiger partial charge in [-0.3, -0.25) is 4.79 Å². The van der Waals surface area contributed by atoms with Gasteiger partial charge in [0.1, 0.15) is 6.07 Å². The van der Waals surface area contributed by atoms with Crippen LogP contribution in [0.1, 0.15) is 22.3 Å². The van der Waals surface area contributed by atoms with Gasteiger partial charge in [-0.2, -0.15) is 5.26 Å². The highest BCUT2D eigenvalue weighted by Gasteiger charge is 2.38. The maximum Gasteiger partial charge on any atom is 0.253 e. The number of hydrogen-bond donors (Lipinski definition) is 1. The highest BCUT2D eigenvalue weighted by Crippen LogP contribution is 2.27. The average Bonchev–Trinajstić information content (AvgIpc) is 3.20. The first-order valence-corrected chi connectivity index (χ1v) is 7.28. The smallest absolute Gasteiger partial charge is 0.253 e. The Labute approximate surface area is 122 Å². The van der Waals surface area contributed by atoms with Crippen molar-refractivity contribution in [2.75, 3.05) is 19.6 Å². The monoisotopic (exact) mass is 280 g/mol. The molecule has 0 radical (unpaired) electrons. The molecule has 5 heteroatoms. The Morgan fingerprint density at radius 1 is 1.33 bits per heavy atom. The summed E-state index contributed by atoms with van der Waals surface area (Å²) >= 11 is 0. The fraction of sp³-hybridized carbons (Fsp3) is 0.375. The zero-order valence-electron chi connectivity index (χ0n) is 11.6. The minimum Gasteiger partial charge on any atom is -0.348 e. The van der Waals surface area contributed by atoms with Crippen molar-refractivity contribution in [3.05, 3.63) is 41.7 Å². The van der Waals surface area contributed by atoms with E-state index in [-0.39, 0.29) is 11.9 Å². The summed E-state index contributed by atoms with van der Waals surface area (Å²) in [6.07, 6.45) is 4.72. The van der Waals surface area contributed by atoms with Gasteiger partial charge in [-0.25, -0.2) is 0 Å². The van der Waals surface area contributed by atoms with Gasteiger partial charge in [0, 0.05) is 37.0 Å². The zero-order valence-corrected chi connectivity index (χ0v) is 11.6. The lowest BCUT2D eigenvalue weighted by atomic mass is 10.00. The van der Waals surface area contributed by atoms with E-state index in [0.29, 0.717) is 17.0 Å². The molecule has 0 saturated carbocycles. The van der Waals surface area contributed by atoms with E-state index < -0.39 is 0 Å². The maximum atomic E-state index is 12.4. The average molecular weight is 280 g/mol. The fourth-order valence-corrected chi connectivity index (χ4v) is 3.50. The molecule has 2 saturated heterocycles. The summed E-state index contributed by atoms with van der Waals surface area (Å²) in [4.78, 5) is 14.8. The third-order valence-corrected chi connectivity index (χ3v) is 4.63. The van der Waals surface area contributed by atoms with Crippen LogP contribution in [0.5, 0.6) is 0 Å². The molecule has 106 valence electrons. The molecular weight excluding hydrogens is 264 g/mol. The van der Waals surface area contributed by atoms with Crippen LogP contribution >= 0.6 is 0 Å². The van der Waals surface area contributed by atoms with Gasteiger partial charge in [0.25, 0.3) is 5.91 Å². The van der Waals surface area contributed by atoms with Gasteiger partial charge >= 0.3 is 0 Å². The van der Waals surface area contributed by atoms with Gasteiger partial charge in [0.2, 0.25) is 0 Å². The summed E-state index contributed by atoms with van der Waals surface area (Å²) in [5, 5.41) is 12.1. The van der Waals surface area contributed by atoms with Crippen molar-refractivity contribution >= 4 is 11.4 Å². The third kappa shape index (κ3) is 2.08. The molecule has 1 N–H and O–H groups in total. The first-order chi connectivity index (χ1) is 10.2. The van der Waals surface area contributed by atoms with Gasteiger partial charge in [-0.15, -0.1) is 0 Å². The second-order valence-electron chi connectivity index (χ2n) is 5.98. The van der Waals surface area contributed by atoms with Gasteiger partial charge in [0.05, 0.1) is 11.1 Å². The standard InChI is InChI=1S/C16H16N4O/c17-6-11-5-14-2-1-13(9-20(14)7-11)16(21)18-15-10-19-4-3-12(15)8-19/h1-2,5,7,9,12,15H,3-4,8,10H2,(H,18,21)/t12-,15?/m0/s1. The minimum absolute atomic E-state index is 0.0251. The lowest BCUT2D eigenvalue weighted by molar-refractivity contribution is 0.0924. The van der Waals surface area contributed by atoms with E-state index in [1.807, 2.05) is 22.6 Å². The van der Waals surface area contributed by atoms with Crippen LogP contribution in [0.15, 0.2) is 30.6 Å². The number of nitrogens with zero attached hydrogens (tertiary/aromatic N) is 3. The number of aromatic nitrogens is 1. The summed E-state index contributed by atoms with van der Waals surface area (Å²) in [7, 11) is 0. The molecule has 0 aromatic carbocycles. The zero-order chi connectivity index (χ0) is 14.4. The molecule has 2 fully saturated rings. The van der Waals surface area contributed by atoms with Crippen LogP contribution < -0.4 is 5.32 Å². The number of piperidine rings is 1. The van der Waals surface area contributed by atoms with E-state index >= 15 is 0 Å². The molecular formula is C16H16N4O. The van der Waals surface area contributed by atoms with Crippen LogP contribution in [0.25, 0.3) is 5.52 Å². The molecule has 4 rings (SSSR count). The van der Waals surface area contributed by atoms with Crippen LogP contribution in [0.3, 0.4) is 0 Å². The highest BCUT2D eigenvalue weighted by atomic mass is 16.1. The molecule has 2 aromatic heterocycles. The van der Waals surface area contributed by atoms with E-state index in [9.17, 15) is 4.79 Å². The Hall–Kier alpha value is -2.32. The normalized spacial score (nSPS) is 26.9. The molecule has 5 nitrogen and oxygen atoms in total. The number of nitriles is 1. The molecule has 2 unspecified atom stereocenters. The Morgan fingerprint density at radius 2 is 2.24 bits per heavy atom. The molecule has 4 heterocycles. The molecule has 2 bridgehead atoms. The summed E-state index contributed by atoms with van der Waals surface area (Å²) in [6.45, 7) is 3.26. The molecule has 0 aliphatic carbocycles. The van der Waals surface area contributed by atoms with Gasteiger partial charge < -0.3 is 14.6 Å². The van der Waals surface area contributed by atoms with Crippen molar-refractivity contribution in [1.82, 2.24) is 14.6 Å². The lowest BCUT2D eigenvalue weighted by Crippen LogP contribution is -2.43. The first kappa shape index (κ1) is 12.4. The lowest BCUT2D eigenvalue weighted by Gasteiger charge is -2.23. The van der Waals surface area contributed by atoms with Gasteiger partial charge in [-0.05, 0) is 37.1 Å². The number of pyridine rings is 1. The largest absolute Gasteiger partial charge is 0.348 e. The Kier molecular flexibility index (Phi) is 2.72. The van der Waals surface area contributed by atoms with E-state index in [0.717, 1.165) is 18.6 Å². The number of hydrogen-bond acceptors (Lipinski definition) is 3. The number of nitrogens with one attached hydrogen (secondary N) is 1. The van der Waals surface area contributed by atoms with Crippen LogP contribution in [-0.2, 0) is 0 Å². The summed E-state index contributed by atoms with van der Waals surface area (Å²) in [5.74, 6) is 0.581. The summed E-state index contributed by atoms with van der Waals surface area (Å²) in [5.41, 5.74) is 2.17. The Morgan fingerprint density at radius 3 is 2.95 bits per heavy atom. The van der Waals surface area contributed by atoms with Crippen LogP contribution in [0.2, 0.25) is 0 Å². The minimum atomic E-state index is -0.0251. The summed E-state index contributed by atoms with van der Waals surface area (Å²) < 4.78 is 1.83. The van der Waals surface area contributed by atoms with Crippen molar-refractivity contribution in [2.24, 2.45) is 5.92 Å². The predicted octanol–water partition coefficient (Wildman–Crippen LogP) is 1.24. The van der Waals surface area contributed by atoms with Gasteiger partial charge in [0.15, 0.2) is 0 Å². The van der Waals surface area contributed by atoms with Crippen molar-refractivity contribution < 1.29 is 4.79 Å². The van der Waals surface area contributed by atoms with E-state index in [4.69, 9.17) is 5.26 Å². The highest BCUT2D eigenvalue weighted by molar-refractivity contribution is 5.94. The maximum absolute atomic E-state index is 12.4. The first-order valence-electron chi connectivity index (χ1n) is 7.28. The van der Waals surface area contributed by atoms with E-state index in [1.54, 1.807) is 12.4 Å². The Balaban J connectivity index is 1.55. The van der Waals surface area contributed by atoms with Gasteiger partial charge in [-0.1, -0.05) is 0 Å². The predicted molar refractivity (Wildman–Crippen MR) is 77.9 cm³/mol. The van der Waals surface area contributed by atoms with Crippen molar-refractivity contribution in [3.8, 4) is 6.07 Å². The molecule has 2 aliphatic rings. The van der Waals surface area contributed by atoms with Crippen molar-refractivity contribution in [1.29, 1.82) is 5.26 Å². The molecule has 2 aliphatic heterocycles. The fourth-order valence-electron chi connectivity index (χ4n) is 3.50. The number of carbonyl (C=O) groups is 1. The summed E-state index contributed by atoms with van der Waals surface area (Å²) in [6, 6.07) is 7.90. The number of carbonyl (C=O) groups excluding carboxylic acids is 1. The van der Waals surface area contributed by atoms with E-state index in [1.165, 1.54) is 13.0 Å². The Bertz CT molecular complexity index is 757. The topological polar surface area (TPSA) is 60.5 Å². The van der Waals surface area contributed by atoms with Crippen molar-refractivity contribution in [3.63, 3.8) is 0 Å². The van der Waals surface area contributed by atoms with Crippen molar-refractivity contribution in [2.45, 2.75) is 12.5 Å². The number of fused-ring (bicyclic) bond motifs is 3. The van der Waals surface area contributed by atoms with Crippen LogP contribution in [0, 0.1) is 17.2 Å². The molecule has 21 heavy (non-hydrogen) atoms. The molecule has 2 aromatic rings. The molecule has 0 spiro atoms. The second kappa shape index (κ2) is 4.61. The number of amides is 1. The molecule has 3 atom stereocenters. The number of rotatable bonds is 2. The van der Waals surface area contributed by atoms with Crippen LogP contribution in [-0.4, -0.2) is 40.9 Å². The molecule has 1 amide bonds. The van der Waals surface area contributed by atoms with Crippen LogP contribution in [0.4, 0.5) is 0 Å². The quantitative estimate of drug-likeness (QED) is 0.900.